The maximum atomic E-state index is 13.3. The van der Waals surface area contributed by atoms with E-state index in [0.717, 1.165) is 0 Å². The standard InChI is InChI=1S/C19H18FN3O3S/c1-2-25-16-9-4-3-8-15(16)21-17(24)11-27-12-18-22-19(23-26-18)13-6-5-7-14(20)10-13/h3-10H,2,11-12H2,1H3,(H,21,24). The Hall–Kier alpha value is -2.87. The van der Waals surface area contributed by atoms with Gasteiger partial charge in [0, 0.05) is 5.56 Å². The number of nitrogens with zero attached hydrogens (tertiary/aromatic N) is 2. The number of anilines is 1. The van der Waals surface area contributed by atoms with E-state index in [1.165, 1.54) is 23.9 Å². The van der Waals surface area contributed by atoms with Crippen LogP contribution in [-0.2, 0) is 10.5 Å². The summed E-state index contributed by atoms with van der Waals surface area (Å²) in [4.78, 5) is 16.4. The van der Waals surface area contributed by atoms with Gasteiger partial charge in [0.05, 0.1) is 23.8 Å². The van der Waals surface area contributed by atoms with Crippen LogP contribution in [0.4, 0.5) is 10.1 Å². The lowest BCUT2D eigenvalue weighted by atomic mass is 10.2. The SMILES string of the molecule is CCOc1ccccc1NC(=O)CSCc1nc(-c2cccc(F)c2)no1. The van der Waals surface area contributed by atoms with E-state index in [9.17, 15) is 9.18 Å². The highest BCUT2D eigenvalue weighted by molar-refractivity contribution is 7.99. The van der Waals surface area contributed by atoms with Crippen LogP contribution in [0.5, 0.6) is 5.75 Å². The number of thioether (sulfide) groups is 1. The summed E-state index contributed by atoms with van der Waals surface area (Å²) in [6, 6.07) is 13.2. The molecule has 0 saturated heterocycles. The summed E-state index contributed by atoms with van der Waals surface area (Å²) in [5.41, 5.74) is 1.18. The molecule has 0 aliphatic heterocycles. The Morgan fingerprint density at radius 1 is 1.26 bits per heavy atom. The molecule has 0 spiro atoms. The Balaban J connectivity index is 1.51. The van der Waals surface area contributed by atoms with E-state index in [1.807, 2.05) is 19.1 Å². The number of amides is 1. The first-order valence-corrected chi connectivity index (χ1v) is 9.49. The van der Waals surface area contributed by atoms with E-state index in [-0.39, 0.29) is 17.5 Å². The van der Waals surface area contributed by atoms with Crippen molar-refractivity contribution < 1.29 is 18.4 Å². The topological polar surface area (TPSA) is 77.2 Å². The zero-order chi connectivity index (χ0) is 19.1. The maximum absolute atomic E-state index is 13.3. The number of benzene rings is 2. The van der Waals surface area contributed by atoms with Crippen LogP contribution in [0.25, 0.3) is 11.4 Å². The first kappa shape index (κ1) is 18.9. The van der Waals surface area contributed by atoms with Crippen LogP contribution in [0.15, 0.2) is 53.1 Å². The molecule has 140 valence electrons. The molecule has 1 amide bonds. The van der Waals surface area contributed by atoms with Crippen molar-refractivity contribution >= 4 is 23.4 Å². The van der Waals surface area contributed by atoms with Gasteiger partial charge in [-0.2, -0.15) is 4.98 Å². The molecule has 0 atom stereocenters. The largest absolute Gasteiger partial charge is 0.492 e. The summed E-state index contributed by atoms with van der Waals surface area (Å²) in [7, 11) is 0. The molecule has 1 aromatic heterocycles. The van der Waals surface area contributed by atoms with Crippen LogP contribution in [0.1, 0.15) is 12.8 Å². The van der Waals surface area contributed by atoms with E-state index in [2.05, 4.69) is 15.5 Å². The molecule has 0 aliphatic rings. The van der Waals surface area contributed by atoms with Crippen molar-refractivity contribution in [2.45, 2.75) is 12.7 Å². The monoisotopic (exact) mass is 387 g/mol. The Labute approximate surface area is 160 Å². The molecule has 0 saturated carbocycles. The number of nitrogens with one attached hydrogen (secondary N) is 1. The molecule has 0 aliphatic carbocycles. The van der Waals surface area contributed by atoms with Crippen LogP contribution >= 0.6 is 11.8 Å². The Morgan fingerprint density at radius 3 is 2.93 bits per heavy atom. The number of hydrogen-bond donors (Lipinski definition) is 1. The van der Waals surface area contributed by atoms with Gasteiger partial charge in [0.1, 0.15) is 11.6 Å². The fraction of sp³-hybridized carbons (Fsp3) is 0.211. The van der Waals surface area contributed by atoms with Gasteiger partial charge < -0.3 is 14.6 Å². The second kappa shape index (κ2) is 9.18. The first-order valence-electron chi connectivity index (χ1n) is 8.33. The number of carbonyl (C=O) groups is 1. The zero-order valence-electron chi connectivity index (χ0n) is 14.6. The normalized spacial score (nSPS) is 10.6. The molecule has 2 aromatic carbocycles. The summed E-state index contributed by atoms with van der Waals surface area (Å²) in [6.45, 7) is 2.41. The molecule has 6 nitrogen and oxygen atoms in total. The van der Waals surface area contributed by atoms with Gasteiger partial charge in [0.25, 0.3) is 0 Å². The molecule has 27 heavy (non-hydrogen) atoms. The average molecular weight is 387 g/mol. The van der Waals surface area contributed by atoms with Gasteiger partial charge in [-0.3, -0.25) is 4.79 Å². The molecule has 0 bridgehead atoms. The summed E-state index contributed by atoms with van der Waals surface area (Å²) in [6.07, 6.45) is 0. The van der Waals surface area contributed by atoms with E-state index in [1.54, 1.807) is 24.3 Å². The van der Waals surface area contributed by atoms with Crippen LogP contribution in [-0.4, -0.2) is 28.4 Å². The fourth-order valence-corrected chi connectivity index (χ4v) is 2.98. The third-order valence-corrected chi connectivity index (χ3v) is 4.39. The minimum Gasteiger partial charge on any atom is -0.492 e. The van der Waals surface area contributed by atoms with E-state index < -0.39 is 0 Å². The summed E-state index contributed by atoms with van der Waals surface area (Å²) < 4.78 is 23.9. The number of carbonyl (C=O) groups excluding carboxylic acids is 1. The highest BCUT2D eigenvalue weighted by Crippen LogP contribution is 2.24. The lowest BCUT2D eigenvalue weighted by molar-refractivity contribution is -0.113. The maximum Gasteiger partial charge on any atom is 0.236 e. The quantitative estimate of drug-likeness (QED) is 0.626. The van der Waals surface area contributed by atoms with Crippen molar-refractivity contribution in [1.82, 2.24) is 10.1 Å². The van der Waals surface area contributed by atoms with Crippen LogP contribution in [0.2, 0.25) is 0 Å². The van der Waals surface area contributed by atoms with Crippen molar-refractivity contribution in [3.63, 3.8) is 0 Å². The Kier molecular flexibility index (Phi) is 6.43. The number of hydrogen-bond acceptors (Lipinski definition) is 6. The Bertz CT molecular complexity index is 916. The number of para-hydroxylation sites is 2. The van der Waals surface area contributed by atoms with Gasteiger partial charge in [-0.15, -0.1) is 11.8 Å². The molecule has 3 aromatic rings. The van der Waals surface area contributed by atoms with Crippen LogP contribution < -0.4 is 10.1 Å². The molecule has 1 heterocycles. The van der Waals surface area contributed by atoms with Crippen molar-refractivity contribution in [2.24, 2.45) is 0 Å². The van der Waals surface area contributed by atoms with Crippen molar-refractivity contribution in [3.05, 3.63) is 60.2 Å². The third kappa shape index (κ3) is 5.30. The highest BCUT2D eigenvalue weighted by Gasteiger charge is 2.11. The van der Waals surface area contributed by atoms with Gasteiger partial charge in [-0.25, -0.2) is 4.39 Å². The first-order chi connectivity index (χ1) is 13.2. The fourth-order valence-electron chi connectivity index (χ4n) is 2.33. The van der Waals surface area contributed by atoms with Gasteiger partial charge in [-0.05, 0) is 31.2 Å². The lowest BCUT2D eigenvalue weighted by Crippen LogP contribution is -2.15. The number of rotatable bonds is 8. The third-order valence-electron chi connectivity index (χ3n) is 3.47. The van der Waals surface area contributed by atoms with E-state index in [0.29, 0.717) is 41.1 Å². The second-order valence-electron chi connectivity index (χ2n) is 5.49. The number of aromatic nitrogens is 2. The number of halogens is 1. The van der Waals surface area contributed by atoms with Crippen molar-refractivity contribution in [1.29, 1.82) is 0 Å². The zero-order valence-corrected chi connectivity index (χ0v) is 15.5. The summed E-state index contributed by atoms with van der Waals surface area (Å²) in [5.74, 6) is 1.41. The van der Waals surface area contributed by atoms with Gasteiger partial charge >= 0.3 is 0 Å². The predicted molar refractivity (Wildman–Crippen MR) is 102 cm³/mol. The molecule has 0 unspecified atom stereocenters. The molecule has 3 rings (SSSR count). The highest BCUT2D eigenvalue weighted by atomic mass is 32.2. The predicted octanol–water partition coefficient (Wildman–Crippen LogP) is 4.15. The van der Waals surface area contributed by atoms with Crippen molar-refractivity contribution in [2.75, 3.05) is 17.7 Å². The molecule has 0 radical (unpaired) electrons. The minimum absolute atomic E-state index is 0.156. The summed E-state index contributed by atoms with van der Waals surface area (Å²) >= 11 is 1.34. The van der Waals surface area contributed by atoms with Gasteiger partial charge in [0.15, 0.2) is 0 Å². The summed E-state index contributed by atoms with van der Waals surface area (Å²) in [5, 5.41) is 6.67. The molecular weight excluding hydrogens is 369 g/mol. The molecule has 1 N–H and O–H groups in total. The molecule has 8 heteroatoms. The van der Waals surface area contributed by atoms with Crippen LogP contribution in [0, 0.1) is 5.82 Å². The average Bonchev–Trinajstić information content (AvgIpc) is 3.12. The number of ether oxygens (including phenoxy) is 1. The van der Waals surface area contributed by atoms with Gasteiger partial charge in [-0.1, -0.05) is 29.4 Å². The smallest absolute Gasteiger partial charge is 0.236 e. The van der Waals surface area contributed by atoms with Crippen molar-refractivity contribution in [3.8, 4) is 17.1 Å². The Morgan fingerprint density at radius 2 is 2.11 bits per heavy atom. The minimum atomic E-state index is -0.364. The van der Waals surface area contributed by atoms with Gasteiger partial charge in [0.2, 0.25) is 17.6 Å². The van der Waals surface area contributed by atoms with E-state index >= 15 is 0 Å². The van der Waals surface area contributed by atoms with Crippen LogP contribution in [0.3, 0.4) is 0 Å². The van der Waals surface area contributed by atoms with E-state index in [4.69, 9.17) is 9.26 Å². The lowest BCUT2D eigenvalue weighted by Gasteiger charge is -2.10. The molecule has 0 fully saturated rings. The second-order valence-corrected chi connectivity index (χ2v) is 6.48. The molecular formula is C19H18FN3O3S.